The van der Waals surface area contributed by atoms with Crippen molar-refractivity contribution in [3.63, 3.8) is 0 Å². The van der Waals surface area contributed by atoms with E-state index < -0.39 is 0 Å². The average molecular weight is 226 g/mol. The lowest BCUT2D eigenvalue weighted by Gasteiger charge is -2.05. The molecule has 0 saturated carbocycles. The predicted octanol–water partition coefficient (Wildman–Crippen LogP) is 0.911. The Morgan fingerprint density at radius 1 is 1.31 bits per heavy atom. The maximum atomic E-state index is 5.25. The van der Waals surface area contributed by atoms with Gasteiger partial charge in [0.25, 0.3) is 0 Å². The summed E-state index contributed by atoms with van der Waals surface area (Å²) in [6, 6.07) is 0. The Bertz CT molecular complexity index is 298. The molecule has 1 rings (SSSR count). The fraction of sp³-hybridized carbons (Fsp3) is 0.818. The van der Waals surface area contributed by atoms with Crippen LogP contribution in [0.4, 0.5) is 0 Å². The number of hydrogen-bond donors (Lipinski definition) is 1. The highest BCUT2D eigenvalue weighted by molar-refractivity contribution is 4.87. The SMILES string of the molecule is CCOCCCNCCn1nc(C)nc1C. The molecule has 0 radical (unpaired) electrons. The Morgan fingerprint density at radius 2 is 2.12 bits per heavy atom. The van der Waals surface area contributed by atoms with Crippen molar-refractivity contribution in [3.8, 4) is 0 Å². The van der Waals surface area contributed by atoms with Crippen LogP contribution in [0.15, 0.2) is 0 Å². The van der Waals surface area contributed by atoms with Crippen LogP contribution < -0.4 is 5.32 Å². The molecular weight excluding hydrogens is 204 g/mol. The van der Waals surface area contributed by atoms with Gasteiger partial charge < -0.3 is 10.1 Å². The molecule has 0 unspecified atom stereocenters. The van der Waals surface area contributed by atoms with Gasteiger partial charge in [-0.2, -0.15) is 5.10 Å². The summed E-state index contributed by atoms with van der Waals surface area (Å²) in [6.45, 7) is 10.4. The first kappa shape index (κ1) is 13.1. The van der Waals surface area contributed by atoms with Gasteiger partial charge in [-0.15, -0.1) is 0 Å². The van der Waals surface area contributed by atoms with E-state index in [0.29, 0.717) is 0 Å². The van der Waals surface area contributed by atoms with Crippen molar-refractivity contribution in [3.05, 3.63) is 11.6 Å². The van der Waals surface area contributed by atoms with Gasteiger partial charge >= 0.3 is 0 Å². The number of hydrogen-bond acceptors (Lipinski definition) is 4. The molecule has 5 heteroatoms. The van der Waals surface area contributed by atoms with Crippen LogP contribution in [-0.2, 0) is 11.3 Å². The molecule has 0 bridgehead atoms. The Kier molecular flexibility index (Phi) is 6.03. The van der Waals surface area contributed by atoms with Gasteiger partial charge in [0, 0.05) is 19.8 Å². The molecule has 1 aromatic rings. The van der Waals surface area contributed by atoms with Crippen LogP contribution in [0.5, 0.6) is 0 Å². The summed E-state index contributed by atoms with van der Waals surface area (Å²) >= 11 is 0. The summed E-state index contributed by atoms with van der Waals surface area (Å²) in [4.78, 5) is 4.25. The van der Waals surface area contributed by atoms with Crippen molar-refractivity contribution in [2.75, 3.05) is 26.3 Å². The van der Waals surface area contributed by atoms with Crippen LogP contribution in [0, 0.1) is 13.8 Å². The number of nitrogens with zero attached hydrogens (tertiary/aromatic N) is 3. The van der Waals surface area contributed by atoms with Gasteiger partial charge in [-0.05, 0) is 33.7 Å². The minimum Gasteiger partial charge on any atom is -0.382 e. The Morgan fingerprint density at radius 3 is 2.75 bits per heavy atom. The van der Waals surface area contributed by atoms with Crippen molar-refractivity contribution in [1.29, 1.82) is 0 Å². The first-order chi connectivity index (χ1) is 7.74. The molecule has 0 fully saturated rings. The fourth-order valence-corrected chi connectivity index (χ4v) is 1.53. The summed E-state index contributed by atoms with van der Waals surface area (Å²) in [6.07, 6.45) is 1.06. The maximum Gasteiger partial charge on any atom is 0.147 e. The van der Waals surface area contributed by atoms with Crippen LogP contribution >= 0.6 is 0 Å². The van der Waals surface area contributed by atoms with E-state index in [2.05, 4.69) is 15.4 Å². The summed E-state index contributed by atoms with van der Waals surface area (Å²) in [5.41, 5.74) is 0. The highest BCUT2D eigenvalue weighted by Gasteiger charge is 2.00. The van der Waals surface area contributed by atoms with E-state index in [-0.39, 0.29) is 0 Å². The summed E-state index contributed by atoms with van der Waals surface area (Å²) in [5.74, 6) is 1.82. The van der Waals surface area contributed by atoms with E-state index in [1.165, 1.54) is 0 Å². The van der Waals surface area contributed by atoms with Crippen LogP contribution in [-0.4, -0.2) is 41.1 Å². The predicted molar refractivity (Wildman–Crippen MR) is 63.5 cm³/mol. The largest absolute Gasteiger partial charge is 0.382 e. The van der Waals surface area contributed by atoms with E-state index in [0.717, 1.165) is 50.9 Å². The van der Waals surface area contributed by atoms with Gasteiger partial charge in [0.15, 0.2) is 0 Å². The molecule has 1 heterocycles. The van der Waals surface area contributed by atoms with Crippen molar-refractivity contribution in [1.82, 2.24) is 20.1 Å². The monoisotopic (exact) mass is 226 g/mol. The number of nitrogens with one attached hydrogen (secondary N) is 1. The second-order valence-corrected chi connectivity index (χ2v) is 3.73. The third-order valence-electron chi connectivity index (χ3n) is 2.31. The molecule has 0 spiro atoms. The molecule has 0 aliphatic carbocycles. The minimum absolute atomic E-state index is 0.803. The molecular formula is C11H22N4O. The molecule has 1 N–H and O–H groups in total. The molecule has 0 amide bonds. The van der Waals surface area contributed by atoms with Gasteiger partial charge in [-0.1, -0.05) is 0 Å². The van der Waals surface area contributed by atoms with Crippen LogP contribution in [0.1, 0.15) is 25.0 Å². The molecule has 16 heavy (non-hydrogen) atoms. The highest BCUT2D eigenvalue weighted by atomic mass is 16.5. The third-order valence-corrected chi connectivity index (χ3v) is 2.31. The van der Waals surface area contributed by atoms with E-state index in [9.17, 15) is 0 Å². The molecule has 5 nitrogen and oxygen atoms in total. The van der Waals surface area contributed by atoms with E-state index >= 15 is 0 Å². The summed E-state index contributed by atoms with van der Waals surface area (Å²) in [5, 5.41) is 7.66. The second-order valence-electron chi connectivity index (χ2n) is 3.73. The number of aryl methyl sites for hydroxylation is 2. The molecule has 0 saturated heterocycles. The van der Waals surface area contributed by atoms with Gasteiger partial charge in [-0.25, -0.2) is 9.67 Å². The number of ether oxygens (including phenoxy) is 1. The van der Waals surface area contributed by atoms with E-state index in [1.807, 2.05) is 25.5 Å². The third kappa shape index (κ3) is 4.72. The first-order valence-electron chi connectivity index (χ1n) is 5.90. The molecule has 0 aromatic carbocycles. The van der Waals surface area contributed by atoms with Crippen molar-refractivity contribution in [2.24, 2.45) is 0 Å². The average Bonchev–Trinajstić information content (AvgIpc) is 2.56. The van der Waals surface area contributed by atoms with Gasteiger partial charge in [0.2, 0.25) is 0 Å². The molecule has 92 valence electrons. The normalized spacial score (nSPS) is 10.9. The van der Waals surface area contributed by atoms with Crippen LogP contribution in [0.25, 0.3) is 0 Å². The summed E-state index contributed by atoms with van der Waals surface area (Å²) < 4.78 is 7.19. The number of aromatic nitrogens is 3. The standard InChI is InChI=1S/C11H22N4O/c1-4-16-9-5-6-12-7-8-15-11(3)13-10(2)14-15/h12H,4-9H2,1-3H3. The van der Waals surface area contributed by atoms with Gasteiger partial charge in [0.05, 0.1) is 6.54 Å². The van der Waals surface area contributed by atoms with E-state index in [4.69, 9.17) is 4.74 Å². The maximum absolute atomic E-state index is 5.25. The van der Waals surface area contributed by atoms with E-state index in [1.54, 1.807) is 0 Å². The van der Waals surface area contributed by atoms with Crippen molar-refractivity contribution in [2.45, 2.75) is 33.7 Å². The Labute approximate surface area is 97.2 Å². The molecule has 1 aromatic heterocycles. The topological polar surface area (TPSA) is 52.0 Å². The molecule has 0 atom stereocenters. The zero-order chi connectivity index (χ0) is 11.8. The quantitative estimate of drug-likeness (QED) is 0.669. The van der Waals surface area contributed by atoms with Crippen molar-refractivity contribution < 1.29 is 4.74 Å². The van der Waals surface area contributed by atoms with Gasteiger partial charge in [-0.3, -0.25) is 0 Å². The minimum atomic E-state index is 0.803. The zero-order valence-corrected chi connectivity index (χ0v) is 10.5. The Hall–Kier alpha value is -0.940. The van der Waals surface area contributed by atoms with Gasteiger partial charge in [0.1, 0.15) is 11.6 Å². The lowest BCUT2D eigenvalue weighted by molar-refractivity contribution is 0.144. The summed E-state index contributed by atoms with van der Waals surface area (Å²) in [7, 11) is 0. The Balaban J connectivity index is 2.05. The first-order valence-corrected chi connectivity index (χ1v) is 5.90. The highest BCUT2D eigenvalue weighted by Crippen LogP contribution is 1.94. The fourth-order valence-electron chi connectivity index (χ4n) is 1.53. The second kappa shape index (κ2) is 7.35. The van der Waals surface area contributed by atoms with Crippen molar-refractivity contribution >= 4 is 0 Å². The molecule has 0 aliphatic heterocycles. The lowest BCUT2D eigenvalue weighted by atomic mass is 10.4. The zero-order valence-electron chi connectivity index (χ0n) is 10.5. The number of rotatable bonds is 8. The van der Waals surface area contributed by atoms with Crippen LogP contribution in [0.2, 0.25) is 0 Å². The van der Waals surface area contributed by atoms with Crippen LogP contribution in [0.3, 0.4) is 0 Å². The smallest absolute Gasteiger partial charge is 0.147 e. The molecule has 0 aliphatic rings. The lowest BCUT2D eigenvalue weighted by Crippen LogP contribution is -2.23.